The summed E-state index contributed by atoms with van der Waals surface area (Å²) in [7, 11) is 0. The van der Waals surface area contributed by atoms with Gasteiger partial charge in [0.05, 0.1) is 18.6 Å². The summed E-state index contributed by atoms with van der Waals surface area (Å²) in [5.41, 5.74) is 0.593. The molecule has 0 aromatic heterocycles. The quantitative estimate of drug-likeness (QED) is 0.807. The molecule has 0 bridgehead atoms. The molecule has 2 aromatic carbocycles. The lowest BCUT2D eigenvalue weighted by Crippen LogP contribution is -2.30. The van der Waals surface area contributed by atoms with Crippen molar-refractivity contribution in [3.8, 4) is 5.75 Å². The number of amides is 1. The maximum absolute atomic E-state index is 13.5. The molecule has 2 N–H and O–H groups in total. The average Bonchev–Trinajstić information content (AvgIpc) is 2.56. The van der Waals surface area contributed by atoms with Crippen LogP contribution in [-0.2, 0) is 11.2 Å². The fourth-order valence-electron chi connectivity index (χ4n) is 2.28. The summed E-state index contributed by atoms with van der Waals surface area (Å²) in [4.78, 5) is 11.9. The van der Waals surface area contributed by atoms with Gasteiger partial charge in [-0.25, -0.2) is 8.78 Å². The summed E-state index contributed by atoms with van der Waals surface area (Å²) in [5, 5.41) is 12.6. The maximum Gasteiger partial charge on any atom is 0.224 e. The van der Waals surface area contributed by atoms with Crippen LogP contribution in [0.25, 0.3) is 0 Å². The molecule has 1 amide bonds. The highest BCUT2D eigenvalue weighted by molar-refractivity contribution is 5.78. The Morgan fingerprint density at radius 2 is 1.84 bits per heavy atom. The molecule has 1 atom stereocenters. The predicted molar refractivity (Wildman–Crippen MR) is 90.2 cm³/mol. The molecular formula is C19H21F2NO3. The fourth-order valence-corrected chi connectivity index (χ4v) is 2.28. The zero-order valence-electron chi connectivity index (χ0n) is 14.1. The number of aliphatic hydroxyl groups excluding tert-OH is 1. The fraction of sp³-hybridized carbons (Fsp3) is 0.316. The van der Waals surface area contributed by atoms with Gasteiger partial charge in [-0.2, -0.15) is 0 Å². The molecule has 0 aliphatic heterocycles. The largest absolute Gasteiger partial charge is 0.491 e. The van der Waals surface area contributed by atoms with E-state index in [1.165, 1.54) is 0 Å². The van der Waals surface area contributed by atoms with Crippen molar-refractivity contribution in [3.05, 3.63) is 65.2 Å². The second-order valence-corrected chi connectivity index (χ2v) is 5.97. The minimum absolute atomic E-state index is 0.0258. The first-order valence-corrected chi connectivity index (χ1v) is 8.00. The number of hydrogen-bond acceptors (Lipinski definition) is 3. The van der Waals surface area contributed by atoms with E-state index in [1.54, 1.807) is 24.3 Å². The topological polar surface area (TPSA) is 58.6 Å². The maximum atomic E-state index is 13.5. The molecule has 0 saturated heterocycles. The van der Waals surface area contributed by atoms with E-state index in [1.807, 2.05) is 13.8 Å². The summed E-state index contributed by atoms with van der Waals surface area (Å²) < 4.78 is 32.1. The van der Waals surface area contributed by atoms with Crippen LogP contribution in [0.4, 0.5) is 8.78 Å². The van der Waals surface area contributed by atoms with Crippen molar-refractivity contribution < 1.29 is 23.4 Å². The van der Waals surface area contributed by atoms with Crippen LogP contribution in [0.1, 0.15) is 31.1 Å². The second-order valence-electron chi connectivity index (χ2n) is 5.97. The summed E-state index contributed by atoms with van der Waals surface area (Å²) in [6.07, 6.45) is -1.15. The first-order valence-electron chi connectivity index (χ1n) is 8.00. The Bertz CT molecular complexity index is 717. The number of benzene rings is 2. The molecule has 0 heterocycles. The molecule has 134 valence electrons. The van der Waals surface area contributed by atoms with Gasteiger partial charge >= 0.3 is 0 Å². The molecule has 6 heteroatoms. The zero-order valence-corrected chi connectivity index (χ0v) is 14.1. The van der Waals surface area contributed by atoms with E-state index in [4.69, 9.17) is 4.74 Å². The third kappa shape index (κ3) is 5.83. The molecule has 0 spiro atoms. The lowest BCUT2D eigenvalue weighted by molar-refractivity contribution is -0.120. The number of carbonyl (C=O) groups excluding carboxylic acids is 1. The summed E-state index contributed by atoms with van der Waals surface area (Å²) in [6, 6.07) is 9.85. The zero-order chi connectivity index (χ0) is 18.4. The standard InChI is InChI=1S/C19H21F2NO3/c1-12(2)25-16-6-3-13(4-7-16)18(23)11-22-19(24)10-14-9-15(20)5-8-17(14)21/h3-9,12,18,23H,10-11H2,1-2H3,(H,22,24). The van der Waals surface area contributed by atoms with Crippen LogP contribution in [0.3, 0.4) is 0 Å². The molecule has 4 nitrogen and oxygen atoms in total. The summed E-state index contributed by atoms with van der Waals surface area (Å²) in [5.74, 6) is -1.05. The van der Waals surface area contributed by atoms with Crippen LogP contribution in [0, 0.1) is 11.6 Å². The third-order valence-electron chi connectivity index (χ3n) is 3.49. The molecule has 25 heavy (non-hydrogen) atoms. The number of hydrogen-bond donors (Lipinski definition) is 2. The van der Waals surface area contributed by atoms with Gasteiger partial charge in [0, 0.05) is 12.1 Å². The van der Waals surface area contributed by atoms with Crippen molar-refractivity contribution in [1.82, 2.24) is 5.32 Å². The summed E-state index contributed by atoms with van der Waals surface area (Å²) >= 11 is 0. The Kier molecular flexibility index (Phi) is 6.47. The van der Waals surface area contributed by atoms with Gasteiger partial charge in [-0.15, -0.1) is 0 Å². The Labute approximate surface area is 145 Å². The number of halogens is 2. The molecule has 0 aliphatic rings. The number of nitrogens with one attached hydrogen (secondary N) is 1. The van der Waals surface area contributed by atoms with Crippen LogP contribution in [0.15, 0.2) is 42.5 Å². The van der Waals surface area contributed by atoms with Crippen LogP contribution in [0.5, 0.6) is 5.75 Å². The Morgan fingerprint density at radius 3 is 2.48 bits per heavy atom. The van der Waals surface area contributed by atoms with E-state index in [-0.39, 0.29) is 24.6 Å². The normalized spacial score (nSPS) is 12.1. The molecule has 0 fully saturated rings. The highest BCUT2D eigenvalue weighted by Crippen LogP contribution is 2.18. The predicted octanol–water partition coefficient (Wildman–Crippen LogP) is 3.14. The highest BCUT2D eigenvalue weighted by atomic mass is 19.1. The van der Waals surface area contributed by atoms with Gasteiger partial charge in [-0.3, -0.25) is 4.79 Å². The molecule has 2 rings (SSSR count). The van der Waals surface area contributed by atoms with Gasteiger partial charge in [0.15, 0.2) is 0 Å². The average molecular weight is 349 g/mol. The van der Waals surface area contributed by atoms with Gasteiger partial charge in [0.1, 0.15) is 17.4 Å². The molecular weight excluding hydrogens is 328 g/mol. The van der Waals surface area contributed by atoms with Crippen molar-refractivity contribution in [2.24, 2.45) is 0 Å². The van der Waals surface area contributed by atoms with E-state index in [2.05, 4.69) is 5.32 Å². The van der Waals surface area contributed by atoms with Crippen LogP contribution >= 0.6 is 0 Å². The van der Waals surface area contributed by atoms with Crippen LogP contribution in [0.2, 0.25) is 0 Å². The Morgan fingerprint density at radius 1 is 1.16 bits per heavy atom. The van der Waals surface area contributed by atoms with E-state index < -0.39 is 23.6 Å². The van der Waals surface area contributed by atoms with Gasteiger partial charge in [0.2, 0.25) is 5.91 Å². The third-order valence-corrected chi connectivity index (χ3v) is 3.49. The number of rotatable bonds is 7. The van der Waals surface area contributed by atoms with E-state index in [0.717, 1.165) is 18.2 Å². The molecule has 0 aliphatic carbocycles. The van der Waals surface area contributed by atoms with Crippen molar-refractivity contribution in [2.75, 3.05) is 6.54 Å². The van der Waals surface area contributed by atoms with Gasteiger partial charge in [-0.1, -0.05) is 12.1 Å². The van der Waals surface area contributed by atoms with Crippen molar-refractivity contribution in [3.63, 3.8) is 0 Å². The molecule has 0 radical (unpaired) electrons. The van der Waals surface area contributed by atoms with E-state index >= 15 is 0 Å². The van der Waals surface area contributed by atoms with Gasteiger partial charge < -0.3 is 15.2 Å². The van der Waals surface area contributed by atoms with E-state index in [9.17, 15) is 18.7 Å². The minimum atomic E-state index is -0.908. The van der Waals surface area contributed by atoms with Gasteiger partial charge in [0.25, 0.3) is 0 Å². The number of aliphatic hydroxyl groups is 1. The molecule has 1 unspecified atom stereocenters. The Hall–Kier alpha value is -2.47. The van der Waals surface area contributed by atoms with Crippen LogP contribution < -0.4 is 10.1 Å². The second kappa shape index (κ2) is 8.58. The number of ether oxygens (including phenoxy) is 1. The van der Waals surface area contributed by atoms with E-state index in [0.29, 0.717) is 11.3 Å². The molecule has 2 aromatic rings. The minimum Gasteiger partial charge on any atom is -0.491 e. The lowest BCUT2D eigenvalue weighted by Gasteiger charge is -2.14. The van der Waals surface area contributed by atoms with Crippen molar-refractivity contribution in [2.45, 2.75) is 32.5 Å². The smallest absolute Gasteiger partial charge is 0.224 e. The van der Waals surface area contributed by atoms with Gasteiger partial charge in [-0.05, 0) is 49.7 Å². The van der Waals surface area contributed by atoms with Crippen molar-refractivity contribution in [1.29, 1.82) is 0 Å². The SMILES string of the molecule is CC(C)Oc1ccc(C(O)CNC(=O)Cc2cc(F)ccc2F)cc1. The highest BCUT2D eigenvalue weighted by Gasteiger charge is 2.13. The monoisotopic (exact) mass is 349 g/mol. The van der Waals surface area contributed by atoms with Crippen LogP contribution in [-0.4, -0.2) is 23.7 Å². The lowest BCUT2D eigenvalue weighted by atomic mass is 10.1. The first kappa shape index (κ1) is 18.9. The number of carbonyl (C=O) groups is 1. The van der Waals surface area contributed by atoms with Crippen molar-refractivity contribution >= 4 is 5.91 Å². The molecule has 0 saturated carbocycles. The summed E-state index contributed by atoms with van der Waals surface area (Å²) in [6.45, 7) is 3.81. The Balaban J connectivity index is 1.87. The first-order chi connectivity index (χ1) is 11.8.